The zero-order valence-electron chi connectivity index (χ0n) is 12.6. The molecule has 0 atom stereocenters. The number of benzene rings is 1. The van der Waals surface area contributed by atoms with Gasteiger partial charge in [0.2, 0.25) is 10.0 Å². The van der Waals surface area contributed by atoms with E-state index in [9.17, 15) is 12.8 Å². The minimum atomic E-state index is -3.78. The first-order chi connectivity index (χ1) is 11.0. The van der Waals surface area contributed by atoms with Gasteiger partial charge in [0, 0.05) is 37.0 Å². The highest BCUT2D eigenvalue weighted by atomic mass is 32.2. The summed E-state index contributed by atoms with van der Waals surface area (Å²) in [5, 5.41) is 0. The van der Waals surface area contributed by atoms with E-state index in [0.717, 1.165) is 17.3 Å². The van der Waals surface area contributed by atoms with Crippen molar-refractivity contribution in [3.8, 4) is 5.75 Å². The summed E-state index contributed by atoms with van der Waals surface area (Å²) in [7, 11) is -3.78. The third-order valence-corrected chi connectivity index (χ3v) is 5.51. The second-order valence-electron chi connectivity index (χ2n) is 5.11. The number of sulfonamides is 1. The van der Waals surface area contributed by atoms with Crippen molar-refractivity contribution < 1.29 is 17.5 Å². The van der Waals surface area contributed by atoms with Gasteiger partial charge in [-0.25, -0.2) is 22.8 Å². The third kappa shape index (κ3) is 3.04. The topological polar surface area (TPSA) is 72.4 Å². The first kappa shape index (κ1) is 15.8. The number of fused-ring (bicyclic) bond motifs is 1. The maximum Gasteiger partial charge on any atom is 0.243 e. The van der Waals surface area contributed by atoms with Crippen LogP contribution in [-0.2, 0) is 23.0 Å². The summed E-state index contributed by atoms with van der Waals surface area (Å²) in [5.41, 5.74) is 1.62. The molecule has 0 aliphatic carbocycles. The lowest BCUT2D eigenvalue weighted by Crippen LogP contribution is -2.36. The largest absolute Gasteiger partial charge is 0.491 e. The van der Waals surface area contributed by atoms with E-state index in [4.69, 9.17) is 4.74 Å². The molecule has 3 rings (SSSR count). The Morgan fingerprint density at radius 2 is 2.22 bits per heavy atom. The van der Waals surface area contributed by atoms with Gasteiger partial charge in [0.15, 0.2) is 11.6 Å². The fourth-order valence-corrected chi connectivity index (χ4v) is 3.94. The number of hydrogen-bond acceptors (Lipinski definition) is 5. The minimum absolute atomic E-state index is 0.0452. The van der Waals surface area contributed by atoms with Crippen molar-refractivity contribution >= 4 is 10.0 Å². The van der Waals surface area contributed by atoms with Gasteiger partial charge in [-0.15, -0.1) is 0 Å². The molecule has 1 aromatic carbocycles. The summed E-state index contributed by atoms with van der Waals surface area (Å²) < 4.78 is 45.7. The fraction of sp³-hybridized carbons (Fsp3) is 0.333. The van der Waals surface area contributed by atoms with Crippen LogP contribution in [0.2, 0.25) is 0 Å². The van der Waals surface area contributed by atoms with Crippen molar-refractivity contribution in [3.63, 3.8) is 0 Å². The quantitative estimate of drug-likeness (QED) is 0.850. The predicted molar refractivity (Wildman–Crippen MR) is 80.9 cm³/mol. The van der Waals surface area contributed by atoms with E-state index in [1.165, 1.54) is 22.8 Å². The molecule has 23 heavy (non-hydrogen) atoms. The molecule has 0 radical (unpaired) electrons. The first-order valence-electron chi connectivity index (χ1n) is 7.22. The monoisotopic (exact) mass is 337 g/mol. The Kier molecular flexibility index (Phi) is 4.27. The zero-order chi connectivity index (χ0) is 16.4. The molecule has 0 amide bonds. The Balaban J connectivity index is 1.89. The normalized spacial score (nSPS) is 15.2. The lowest BCUT2D eigenvalue weighted by molar-refractivity contribution is 0.320. The Morgan fingerprint density at radius 3 is 2.96 bits per heavy atom. The summed E-state index contributed by atoms with van der Waals surface area (Å²) in [5.74, 6) is -0.641. The highest BCUT2D eigenvalue weighted by molar-refractivity contribution is 7.89. The summed E-state index contributed by atoms with van der Waals surface area (Å²) >= 11 is 0. The molecule has 1 aliphatic heterocycles. The van der Waals surface area contributed by atoms with Crippen LogP contribution in [0.4, 0.5) is 4.39 Å². The van der Waals surface area contributed by atoms with Crippen molar-refractivity contribution in [1.29, 1.82) is 0 Å². The van der Waals surface area contributed by atoms with Crippen LogP contribution in [0.25, 0.3) is 0 Å². The Labute approximate surface area is 134 Å². The number of halogens is 1. The number of nitrogens with zero attached hydrogens (tertiary/aromatic N) is 3. The van der Waals surface area contributed by atoms with Gasteiger partial charge in [-0.1, -0.05) is 0 Å². The van der Waals surface area contributed by atoms with Gasteiger partial charge in [-0.2, -0.15) is 4.31 Å². The van der Waals surface area contributed by atoms with Crippen LogP contribution in [-0.4, -0.2) is 35.8 Å². The second-order valence-corrected chi connectivity index (χ2v) is 7.05. The van der Waals surface area contributed by atoms with Crippen LogP contribution in [0.5, 0.6) is 5.75 Å². The van der Waals surface area contributed by atoms with Crippen molar-refractivity contribution in [3.05, 3.63) is 47.8 Å². The molecule has 1 aromatic heterocycles. The van der Waals surface area contributed by atoms with Gasteiger partial charge in [0.25, 0.3) is 0 Å². The lowest BCUT2D eigenvalue weighted by Gasteiger charge is -2.27. The van der Waals surface area contributed by atoms with Gasteiger partial charge >= 0.3 is 0 Å². The summed E-state index contributed by atoms with van der Waals surface area (Å²) in [6.07, 6.45) is 3.57. The molecule has 0 saturated heterocycles. The summed E-state index contributed by atoms with van der Waals surface area (Å²) in [4.78, 5) is 7.99. The summed E-state index contributed by atoms with van der Waals surface area (Å²) in [6, 6.07) is 3.70. The average Bonchev–Trinajstić information content (AvgIpc) is 2.56. The van der Waals surface area contributed by atoms with Crippen LogP contribution < -0.4 is 4.74 Å². The molecule has 2 aromatic rings. The number of aromatic nitrogens is 2. The Bertz CT molecular complexity index is 826. The molecular formula is C15H16FN3O3S. The standard InChI is InChI=1S/C15H16FN3O3S/c1-2-22-15-4-3-12(7-13(15)16)23(20,21)19-6-5-14-11(9-19)8-17-10-18-14/h3-4,7-8,10H,2,5-6,9H2,1H3. The smallest absolute Gasteiger partial charge is 0.243 e. The molecule has 0 fully saturated rings. The van der Waals surface area contributed by atoms with Crippen LogP contribution in [0, 0.1) is 5.82 Å². The number of rotatable bonds is 4. The van der Waals surface area contributed by atoms with Crippen molar-refractivity contribution in [1.82, 2.24) is 14.3 Å². The Morgan fingerprint density at radius 1 is 1.39 bits per heavy atom. The van der Waals surface area contributed by atoms with Gasteiger partial charge in [0.1, 0.15) is 6.33 Å². The van der Waals surface area contributed by atoms with Crippen molar-refractivity contribution in [2.45, 2.75) is 24.8 Å². The van der Waals surface area contributed by atoms with E-state index in [1.807, 2.05) is 0 Å². The van der Waals surface area contributed by atoms with E-state index in [2.05, 4.69) is 9.97 Å². The SMILES string of the molecule is CCOc1ccc(S(=O)(=O)N2CCc3ncncc3C2)cc1F. The third-order valence-electron chi connectivity index (χ3n) is 3.67. The molecular weight excluding hydrogens is 321 g/mol. The maximum atomic E-state index is 13.9. The second kappa shape index (κ2) is 6.21. The van der Waals surface area contributed by atoms with Gasteiger partial charge in [-0.3, -0.25) is 0 Å². The molecule has 0 bridgehead atoms. The van der Waals surface area contributed by atoms with E-state index in [1.54, 1.807) is 13.1 Å². The molecule has 1 aliphatic rings. The van der Waals surface area contributed by atoms with Gasteiger partial charge in [0.05, 0.1) is 11.5 Å². The van der Waals surface area contributed by atoms with Crippen molar-refractivity contribution in [2.75, 3.05) is 13.2 Å². The van der Waals surface area contributed by atoms with Gasteiger partial charge < -0.3 is 4.74 Å². The Hall–Kier alpha value is -2.06. The first-order valence-corrected chi connectivity index (χ1v) is 8.66. The highest BCUT2D eigenvalue weighted by Crippen LogP contribution is 2.26. The predicted octanol–water partition coefficient (Wildman–Crippen LogP) is 1.76. The molecule has 0 unspecified atom stereocenters. The lowest BCUT2D eigenvalue weighted by atomic mass is 10.1. The maximum absolute atomic E-state index is 13.9. The zero-order valence-corrected chi connectivity index (χ0v) is 13.4. The minimum Gasteiger partial charge on any atom is -0.491 e. The van der Waals surface area contributed by atoms with E-state index in [0.29, 0.717) is 19.6 Å². The number of hydrogen-bond donors (Lipinski definition) is 0. The van der Waals surface area contributed by atoms with Crippen LogP contribution in [0.15, 0.2) is 35.6 Å². The number of ether oxygens (including phenoxy) is 1. The van der Waals surface area contributed by atoms with Crippen LogP contribution >= 0.6 is 0 Å². The highest BCUT2D eigenvalue weighted by Gasteiger charge is 2.29. The fourth-order valence-electron chi connectivity index (χ4n) is 2.51. The molecule has 0 saturated carbocycles. The molecule has 2 heterocycles. The molecule has 6 nitrogen and oxygen atoms in total. The van der Waals surface area contributed by atoms with E-state index >= 15 is 0 Å². The van der Waals surface area contributed by atoms with Gasteiger partial charge in [-0.05, 0) is 25.1 Å². The molecule has 0 N–H and O–H groups in total. The summed E-state index contributed by atoms with van der Waals surface area (Å²) in [6.45, 7) is 2.54. The molecule has 8 heteroatoms. The van der Waals surface area contributed by atoms with Crippen molar-refractivity contribution in [2.24, 2.45) is 0 Å². The average molecular weight is 337 g/mol. The van der Waals surface area contributed by atoms with Crippen LogP contribution in [0.1, 0.15) is 18.2 Å². The van der Waals surface area contributed by atoms with E-state index < -0.39 is 15.8 Å². The van der Waals surface area contributed by atoms with E-state index in [-0.39, 0.29) is 17.2 Å². The molecule has 122 valence electrons. The van der Waals surface area contributed by atoms with Crippen LogP contribution in [0.3, 0.4) is 0 Å². The molecule has 0 spiro atoms.